The minimum absolute atomic E-state index is 0.249. The summed E-state index contributed by atoms with van der Waals surface area (Å²) in [5.74, 6) is -2.28. The molecule has 102 valence electrons. The van der Waals surface area contributed by atoms with Crippen molar-refractivity contribution in [2.24, 2.45) is 0 Å². The third-order valence-corrected chi connectivity index (χ3v) is 3.49. The van der Waals surface area contributed by atoms with Crippen molar-refractivity contribution in [3.63, 3.8) is 0 Å². The van der Waals surface area contributed by atoms with Crippen LogP contribution in [0.4, 0.5) is 8.78 Å². The highest BCUT2D eigenvalue weighted by Gasteiger charge is 2.22. The fraction of sp³-hybridized carbons (Fsp3) is 0.188. The number of fused-ring (bicyclic) bond motifs is 1. The monoisotopic (exact) mass is 274 g/mol. The fourth-order valence-electron chi connectivity index (χ4n) is 2.32. The number of hydrogen-bond acceptors (Lipinski definition) is 2. The number of ketones is 1. The second-order valence-electron chi connectivity index (χ2n) is 4.86. The Morgan fingerprint density at radius 3 is 2.65 bits per heavy atom. The first-order valence-electron chi connectivity index (χ1n) is 6.27. The molecule has 20 heavy (non-hydrogen) atoms. The maximum Gasteiger partial charge on any atom is 0.198 e. The van der Waals surface area contributed by atoms with Gasteiger partial charge in [0.25, 0.3) is 0 Å². The molecule has 3 rings (SSSR count). The zero-order valence-electron chi connectivity index (χ0n) is 10.9. The molecule has 0 radical (unpaired) electrons. The van der Waals surface area contributed by atoms with Crippen LogP contribution in [0.3, 0.4) is 0 Å². The molecule has 0 saturated heterocycles. The van der Waals surface area contributed by atoms with Gasteiger partial charge in [-0.05, 0) is 35.7 Å². The van der Waals surface area contributed by atoms with Crippen molar-refractivity contribution >= 4 is 5.78 Å². The summed E-state index contributed by atoms with van der Waals surface area (Å²) in [5.41, 5.74) is 1.93. The first-order valence-corrected chi connectivity index (χ1v) is 6.27. The summed E-state index contributed by atoms with van der Waals surface area (Å²) in [6.45, 7) is 2.44. The highest BCUT2D eigenvalue weighted by Crippen LogP contribution is 2.24. The largest absolute Gasteiger partial charge is 0.372 e. The standard InChI is InChI=1S/C16H12F2O2/c1-9-2-5-13(17)14(15(9)18)16(19)10-3-4-11-7-20-8-12(11)6-10/h2-6H,7-8H2,1H3. The molecular weight excluding hydrogens is 262 g/mol. The van der Waals surface area contributed by atoms with E-state index in [9.17, 15) is 13.6 Å². The molecule has 1 aliphatic heterocycles. The van der Waals surface area contributed by atoms with E-state index in [1.807, 2.05) is 0 Å². The van der Waals surface area contributed by atoms with E-state index in [0.717, 1.165) is 17.2 Å². The molecule has 2 aromatic rings. The normalized spacial score (nSPS) is 13.3. The van der Waals surface area contributed by atoms with Gasteiger partial charge in [-0.1, -0.05) is 18.2 Å². The number of halogens is 2. The van der Waals surface area contributed by atoms with Crippen molar-refractivity contribution in [2.75, 3.05) is 0 Å². The third kappa shape index (κ3) is 2.02. The number of benzene rings is 2. The van der Waals surface area contributed by atoms with Gasteiger partial charge >= 0.3 is 0 Å². The Labute approximate surface area is 115 Å². The highest BCUT2D eigenvalue weighted by atomic mass is 19.1. The number of ether oxygens (including phenoxy) is 1. The van der Waals surface area contributed by atoms with Crippen molar-refractivity contribution in [1.29, 1.82) is 0 Å². The van der Waals surface area contributed by atoms with Crippen LogP contribution in [0.25, 0.3) is 0 Å². The molecule has 0 aromatic heterocycles. The molecule has 0 bridgehead atoms. The summed E-state index contributed by atoms with van der Waals surface area (Å²) in [6, 6.07) is 7.42. The lowest BCUT2D eigenvalue weighted by atomic mass is 9.97. The van der Waals surface area contributed by atoms with Crippen LogP contribution in [0, 0.1) is 18.6 Å². The number of hydrogen-bond donors (Lipinski definition) is 0. The summed E-state index contributed by atoms with van der Waals surface area (Å²) in [4.78, 5) is 12.3. The Balaban J connectivity index is 2.07. The van der Waals surface area contributed by atoms with Gasteiger partial charge in [0.2, 0.25) is 0 Å². The van der Waals surface area contributed by atoms with E-state index in [1.54, 1.807) is 18.2 Å². The molecule has 0 atom stereocenters. The van der Waals surface area contributed by atoms with Gasteiger partial charge in [-0.25, -0.2) is 8.78 Å². The third-order valence-electron chi connectivity index (χ3n) is 3.49. The Hall–Kier alpha value is -2.07. The van der Waals surface area contributed by atoms with Crippen molar-refractivity contribution in [3.05, 3.63) is 69.8 Å². The van der Waals surface area contributed by atoms with Gasteiger partial charge in [-0.3, -0.25) is 4.79 Å². The molecule has 1 aliphatic rings. The molecule has 0 N–H and O–H groups in total. The number of carbonyl (C=O) groups excluding carboxylic acids is 1. The predicted octanol–water partition coefficient (Wildman–Crippen LogP) is 3.53. The fourth-order valence-corrected chi connectivity index (χ4v) is 2.32. The summed E-state index contributed by atoms with van der Waals surface area (Å²) in [6.07, 6.45) is 0. The molecule has 4 heteroatoms. The number of aryl methyl sites for hydroxylation is 1. The lowest BCUT2D eigenvalue weighted by molar-refractivity contribution is 0.103. The summed E-state index contributed by atoms with van der Waals surface area (Å²) in [7, 11) is 0. The molecule has 0 amide bonds. The van der Waals surface area contributed by atoms with Crippen LogP contribution in [0.1, 0.15) is 32.6 Å². The van der Waals surface area contributed by atoms with Crippen LogP contribution in [-0.2, 0) is 18.0 Å². The van der Waals surface area contributed by atoms with Crippen LogP contribution in [-0.4, -0.2) is 5.78 Å². The molecule has 0 spiro atoms. The zero-order chi connectivity index (χ0) is 14.3. The Morgan fingerprint density at radius 2 is 1.85 bits per heavy atom. The molecular formula is C16H12F2O2. The summed E-state index contributed by atoms with van der Waals surface area (Å²) in [5, 5.41) is 0. The van der Waals surface area contributed by atoms with Crippen molar-refractivity contribution in [1.82, 2.24) is 0 Å². The van der Waals surface area contributed by atoms with E-state index in [2.05, 4.69) is 0 Å². The van der Waals surface area contributed by atoms with E-state index in [-0.39, 0.29) is 11.1 Å². The van der Waals surface area contributed by atoms with E-state index >= 15 is 0 Å². The van der Waals surface area contributed by atoms with Crippen molar-refractivity contribution in [3.8, 4) is 0 Å². The van der Waals surface area contributed by atoms with Gasteiger partial charge in [0.15, 0.2) is 5.78 Å². The van der Waals surface area contributed by atoms with Gasteiger partial charge in [0.1, 0.15) is 11.6 Å². The second-order valence-corrected chi connectivity index (χ2v) is 4.86. The Bertz CT molecular complexity index is 708. The number of carbonyl (C=O) groups is 1. The highest BCUT2D eigenvalue weighted by molar-refractivity contribution is 6.09. The van der Waals surface area contributed by atoms with E-state index in [0.29, 0.717) is 13.2 Å². The van der Waals surface area contributed by atoms with E-state index in [4.69, 9.17) is 4.74 Å². The van der Waals surface area contributed by atoms with Gasteiger partial charge in [-0.2, -0.15) is 0 Å². The summed E-state index contributed by atoms with van der Waals surface area (Å²) >= 11 is 0. The van der Waals surface area contributed by atoms with Gasteiger partial charge in [-0.15, -0.1) is 0 Å². The van der Waals surface area contributed by atoms with E-state index < -0.39 is 23.0 Å². The predicted molar refractivity (Wildman–Crippen MR) is 69.5 cm³/mol. The summed E-state index contributed by atoms with van der Waals surface area (Å²) < 4.78 is 33.0. The smallest absolute Gasteiger partial charge is 0.198 e. The molecule has 2 nitrogen and oxygen atoms in total. The Morgan fingerprint density at radius 1 is 1.10 bits per heavy atom. The number of rotatable bonds is 2. The molecule has 0 saturated carbocycles. The quantitative estimate of drug-likeness (QED) is 0.783. The molecule has 2 aromatic carbocycles. The lowest BCUT2D eigenvalue weighted by Crippen LogP contribution is -2.09. The Kier molecular flexibility index (Phi) is 3.10. The van der Waals surface area contributed by atoms with Crippen molar-refractivity contribution in [2.45, 2.75) is 20.1 Å². The molecule has 0 fully saturated rings. The molecule has 0 aliphatic carbocycles. The topological polar surface area (TPSA) is 26.3 Å². The molecule has 1 heterocycles. The average Bonchev–Trinajstić information content (AvgIpc) is 2.90. The first-order chi connectivity index (χ1) is 9.58. The minimum Gasteiger partial charge on any atom is -0.372 e. The van der Waals surface area contributed by atoms with Gasteiger partial charge < -0.3 is 4.74 Å². The van der Waals surface area contributed by atoms with Crippen LogP contribution in [0.15, 0.2) is 30.3 Å². The van der Waals surface area contributed by atoms with Crippen LogP contribution < -0.4 is 0 Å². The maximum absolute atomic E-state index is 14.0. The van der Waals surface area contributed by atoms with Crippen molar-refractivity contribution < 1.29 is 18.3 Å². The maximum atomic E-state index is 14.0. The van der Waals surface area contributed by atoms with E-state index in [1.165, 1.54) is 13.0 Å². The van der Waals surface area contributed by atoms with Gasteiger partial charge in [0, 0.05) is 5.56 Å². The minimum atomic E-state index is -0.838. The molecule has 0 unspecified atom stereocenters. The SMILES string of the molecule is Cc1ccc(F)c(C(=O)c2ccc3c(c2)COC3)c1F. The first kappa shape index (κ1) is 12.9. The van der Waals surface area contributed by atoms with Crippen LogP contribution >= 0.6 is 0 Å². The zero-order valence-corrected chi connectivity index (χ0v) is 10.9. The second kappa shape index (κ2) is 4.80. The van der Waals surface area contributed by atoms with Crippen LogP contribution in [0.2, 0.25) is 0 Å². The lowest BCUT2D eigenvalue weighted by Gasteiger charge is -2.07. The van der Waals surface area contributed by atoms with Gasteiger partial charge in [0.05, 0.1) is 18.8 Å². The van der Waals surface area contributed by atoms with Crippen LogP contribution in [0.5, 0.6) is 0 Å². The average molecular weight is 274 g/mol.